The van der Waals surface area contributed by atoms with Crippen LogP contribution in [0.2, 0.25) is 5.02 Å². The van der Waals surface area contributed by atoms with Crippen molar-refractivity contribution in [1.82, 2.24) is 5.32 Å². The van der Waals surface area contributed by atoms with Crippen molar-refractivity contribution in [1.29, 1.82) is 0 Å². The predicted octanol–water partition coefficient (Wildman–Crippen LogP) is 3.06. The lowest BCUT2D eigenvalue weighted by molar-refractivity contribution is 0.0600. The molecular weight excluding hydrogens is 290 g/mol. The van der Waals surface area contributed by atoms with Gasteiger partial charge in [0.15, 0.2) is 0 Å². The minimum Gasteiger partial charge on any atom is -0.465 e. The molecule has 0 radical (unpaired) electrons. The van der Waals surface area contributed by atoms with Crippen molar-refractivity contribution in [2.24, 2.45) is 0 Å². The summed E-state index contributed by atoms with van der Waals surface area (Å²) >= 11 is 5.80. The molecule has 2 aromatic rings. The fraction of sp³-hybridized carbons (Fsp3) is 0.125. The summed E-state index contributed by atoms with van der Waals surface area (Å²) in [6.07, 6.45) is 0. The van der Waals surface area contributed by atoms with Gasteiger partial charge in [0.2, 0.25) is 0 Å². The molecule has 0 aromatic heterocycles. The number of benzene rings is 2. The number of halogens is 1. The second-order valence-corrected chi connectivity index (χ2v) is 4.82. The van der Waals surface area contributed by atoms with E-state index in [1.165, 1.54) is 13.2 Å². The minimum absolute atomic E-state index is 0.254. The normalized spacial score (nSPS) is 10.0. The Hall–Kier alpha value is -2.33. The third-order valence-corrected chi connectivity index (χ3v) is 3.16. The molecule has 0 saturated heterocycles. The number of carbonyl (C=O) groups is 2. The number of ether oxygens (including phenoxy) is 1. The summed E-state index contributed by atoms with van der Waals surface area (Å²) in [5.74, 6) is -0.724. The van der Waals surface area contributed by atoms with E-state index in [0.717, 1.165) is 5.56 Å². The number of nitrogens with one attached hydrogen (secondary N) is 1. The van der Waals surface area contributed by atoms with Gasteiger partial charge in [-0.1, -0.05) is 29.8 Å². The molecule has 0 unspecified atom stereocenters. The first-order valence-electron chi connectivity index (χ1n) is 6.31. The van der Waals surface area contributed by atoms with E-state index >= 15 is 0 Å². The van der Waals surface area contributed by atoms with Crippen LogP contribution in [0.15, 0.2) is 48.5 Å². The SMILES string of the molecule is COC(=O)c1cccc(C(=O)NCc2ccc(Cl)cc2)c1. The maximum absolute atomic E-state index is 12.1. The Kier molecular flexibility index (Phi) is 4.95. The molecule has 0 bridgehead atoms. The molecule has 1 amide bonds. The second kappa shape index (κ2) is 6.90. The lowest BCUT2D eigenvalue weighted by atomic mass is 10.1. The Morgan fingerprint density at radius 2 is 1.76 bits per heavy atom. The number of rotatable bonds is 4. The number of methoxy groups -OCH3 is 1. The van der Waals surface area contributed by atoms with Gasteiger partial charge in [-0.05, 0) is 35.9 Å². The van der Waals surface area contributed by atoms with Crippen molar-refractivity contribution in [3.8, 4) is 0 Å². The van der Waals surface area contributed by atoms with Gasteiger partial charge in [-0.2, -0.15) is 0 Å². The molecule has 0 aliphatic rings. The van der Waals surface area contributed by atoms with E-state index in [9.17, 15) is 9.59 Å². The number of hydrogen-bond acceptors (Lipinski definition) is 3. The first kappa shape index (κ1) is 15.1. The molecule has 0 aliphatic heterocycles. The lowest BCUT2D eigenvalue weighted by Gasteiger charge is -2.07. The zero-order valence-corrected chi connectivity index (χ0v) is 12.2. The van der Waals surface area contributed by atoms with Crippen LogP contribution in [0.4, 0.5) is 0 Å². The Bertz CT molecular complexity index is 653. The van der Waals surface area contributed by atoms with E-state index in [-0.39, 0.29) is 5.91 Å². The van der Waals surface area contributed by atoms with Crippen LogP contribution in [0.5, 0.6) is 0 Å². The van der Waals surface area contributed by atoms with Gasteiger partial charge in [0.25, 0.3) is 5.91 Å². The van der Waals surface area contributed by atoms with E-state index < -0.39 is 5.97 Å². The van der Waals surface area contributed by atoms with Gasteiger partial charge >= 0.3 is 5.97 Å². The molecule has 2 rings (SSSR count). The van der Waals surface area contributed by atoms with Crippen molar-refractivity contribution in [2.75, 3.05) is 7.11 Å². The zero-order valence-electron chi connectivity index (χ0n) is 11.4. The molecule has 0 atom stereocenters. The van der Waals surface area contributed by atoms with Crippen molar-refractivity contribution in [3.63, 3.8) is 0 Å². The first-order valence-corrected chi connectivity index (χ1v) is 6.69. The highest BCUT2D eigenvalue weighted by atomic mass is 35.5. The van der Waals surface area contributed by atoms with Crippen molar-refractivity contribution in [2.45, 2.75) is 6.54 Å². The third kappa shape index (κ3) is 4.07. The van der Waals surface area contributed by atoms with Crippen LogP contribution in [0.1, 0.15) is 26.3 Å². The van der Waals surface area contributed by atoms with E-state index in [4.69, 9.17) is 11.6 Å². The average Bonchev–Trinajstić information content (AvgIpc) is 2.53. The summed E-state index contributed by atoms with van der Waals surface area (Å²) < 4.78 is 4.63. The van der Waals surface area contributed by atoms with Crippen LogP contribution in [0.3, 0.4) is 0 Å². The smallest absolute Gasteiger partial charge is 0.337 e. The molecule has 0 spiro atoms. The van der Waals surface area contributed by atoms with E-state index in [0.29, 0.717) is 22.7 Å². The fourth-order valence-electron chi connectivity index (χ4n) is 1.79. The predicted molar refractivity (Wildman–Crippen MR) is 80.4 cm³/mol. The Morgan fingerprint density at radius 3 is 2.43 bits per heavy atom. The van der Waals surface area contributed by atoms with Crippen molar-refractivity contribution in [3.05, 3.63) is 70.2 Å². The molecule has 108 valence electrons. The summed E-state index contributed by atoms with van der Waals surface area (Å²) in [5.41, 5.74) is 1.69. The van der Waals surface area contributed by atoms with Crippen LogP contribution in [-0.2, 0) is 11.3 Å². The van der Waals surface area contributed by atoms with Crippen LogP contribution in [-0.4, -0.2) is 19.0 Å². The van der Waals surface area contributed by atoms with Crippen molar-refractivity contribution >= 4 is 23.5 Å². The molecule has 2 aromatic carbocycles. The maximum Gasteiger partial charge on any atom is 0.337 e. The summed E-state index contributed by atoms with van der Waals surface area (Å²) in [6, 6.07) is 13.6. The highest BCUT2D eigenvalue weighted by molar-refractivity contribution is 6.30. The Morgan fingerprint density at radius 1 is 1.10 bits per heavy atom. The molecule has 5 heteroatoms. The number of carbonyl (C=O) groups excluding carboxylic acids is 2. The molecular formula is C16H14ClNO3. The highest BCUT2D eigenvalue weighted by Crippen LogP contribution is 2.10. The van der Waals surface area contributed by atoms with Gasteiger partial charge in [-0.3, -0.25) is 4.79 Å². The standard InChI is InChI=1S/C16H14ClNO3/c1-21-16(20)13-4-2-3-12(9-13)15(19)18-10-11-5-7-14(17)8-6-11/h2-9H,10H2,1H3,(H,18,19). The quantitative estimate of drug-likeness (QED) is 0.883. The molecule has 0 saturated carbocycles. The maximum atomic E-state index is 12.1. The summed E-state index contributed by atoms with van der Waals surface area (Å²) in [7, 11) is 1.30. The third-order valence-electron chi connectivity index (χ3n) is 2.91. The van der Waals surface area contributed by atoms with E-state index in [1.807, 2.05) is 12.1 Å². The number of hydrogen-bond donors (Lipinski definition) is 1. The van der Waals surface area contributed by atoms with Crippen LogP contribution in [0.25, 0.3) is 0 Å². The number of amides is 1. The fourth-order valence-corrected chi connectivity index (χ4v) is 1.92. The van der Waals surface area contributed by atoms with Crippen LogP contribution >= 0.6 is 11.6 Å². The summed E-state index contributed by atoms with van der Waals surface area (Å²) in [5, 5.41) is 3.43. The van der Waals surface area contributed by atoms with Gasteiger partial charge in [0.1, 0.15) is 0 Å². The minimum atomic E-state index is -0.470. The molecule has 21 heavy (non-hydrogen) atoms. The van der Waals surface area contributed by atoms with Crippen molar-refractivity contribution < 1.29 is 14.3 Å². The second-order valence-electron chi connectivity index (χ2n) is 4.38. The van der Waals surface area contributed by atoms with E-state index in [2.05, 4.69) is 10.1 Å². The molecule has 0 heterocycles. The largest absolute Gasteiger partial charge is 0.465 e. The molecule has 0 fully saturated rings. The van der Waals surface area contributed by atoms with Gasteiger partial charge in [-0.25, -0.2) is 4.79 Å². The summed E-state index contributed by atoms with van der Waals surface area (Å²) in [4.78, 5) is 23.5. The Balaban J connectivity index is 2.03. The summed E-state index contributed by atoms with van der Waals surface area (Å²) in [6.45, 7) is 0.387. The lowest BCUT2D eigenvalue weighted by Crippen LogP contribution is -2.23. The van der Waals surface area contributed by atoms with Gasteiger partial charge in [0, 0.05) is 17.1 Å². The van der Waals surface area contributed by atoms with Crippen LogP contribution < -0.4 is 5.32 Å². The van der Waals surface area contributed by atoms with E-state index in [1.54, 1.807) is 30.3 Å². The van der Waals surface area contributed by atoms with Gasteiger partial charge in [0.05, 0.1) is 12.7 Å². The molecule has 4 nitrogen and oxygen atoms in total. The zero-order chi connectivity index (χ0) is 15.2. The average molecular weight is 304 g/mol. The van der Waals surface area contributed by atoms with Gasteiger partial charge < -0.3 is 10.1 Å². The highest BCUT2D eigenvalue weighted by Gasteiger charge is 2.10. The van der Waals surface area contributed by atoms with Crippen LogP contribution in [0, 0.1) is 0 Å². The molecule has 1 N–H and O–H groups in total. The topological polar surface area (TPSA) is 55.4 Å². The first-order chi connectivity index (χ1) is 10.1. The molecule has 0 aliphatic carbocycles. The van der Waals surface area contributed by atoms with Gasteiger partial charge in [-0.15, -0.1) is 0 Å². The number of esters is 1. The Labute approximate surface area is 127 Å². The monoisotopic (exact) mass is 303 g/mol.